The van der Waals surface area contributed by atoms with E-state index in [1.54, 1.807) is 20.1 Å². The average molecular weight is 313 g/mol. The molecule has 0 bridgehead atoms. The summed E-state index contributed by atoms with van der Waals surface area (Å²) in [5, 5.41) is 3.59. The molecule has 0 aliphatic carbocycles. The second kappa shape index (κ2) is 5.98. The molecule has 7 nitrogen and oxygen atoms in total. The van der Waals surface area contributed by atoms with Crippen LogP contribution in [0.1, 0.15) is 13.3 Å². The summed E-state index contributed by atoms with van der Waals surface area (Å²) >= 11 is 0. The Balaban J connectivity index is 2.62. The van der Waals surface area contributed by atoms with Gasteiger partial charge in [-0.05, 0) is 19.4 Å². The molecule has 0 saturated heterocycles. The third kappa shape index (κ3) is 3.33. The van der Waals surface area contributed by atoms with Crippen molar-refractivity contribution < 1.29 is 13.2 Å². The van der Waals surface area contributed by atoms with Crippen molar-refractivity contribution in [1.29, 1.82) is 0 Å². The zero-order valence-electron chi connectivity index (χ0n) is 12.3. The minimum absolute atomic E-state index is 0.199. The first-order valence-corrected chi connectivity index (χ1v) is 8.53. The lowest BCUT2D eigenvalue weighted by Gasteiger charge is -2.20. The van der Waals surface area contributed by atoms with Gasteiger partial charge in [0.2, 0.25) is 5.50 Å². The van der Waals surface area contributed by atoms with Gasteiger partial charge in [-0.15, -0.1) is 0 Å². The van der Waals surface area contributed by atoms with Crippen LogP contribution in [0.3, 0.4) is 0 Å². The standard InChI is InChI=1S/C13H19N3O4S/c1-9-10-5-6-11(17)16(7-4-8-20-2)12(10)15-13(14-9)21(3,18)19/h5-6,13-14H,4,7-8H2,1-3H3. The van der Waals surface area contributed by atoms with E-state index in [4.69, 9.17) is 4.74 Å². The average Bonchev–Trinajstić information content (AvgIpc) is 2.40. The van der Waals surface area contributed by atoms with E-state index in [9.17, 15) is 13.2 Å². The highest BCUT2D eigenvalue weighted by Crippen LogP contribution is 2.02. The molecule has 0 fully saturated rings. The van der Waals surface area contributed by atoms with Crippen LogP contribution in [0.2, 0.25) is 0 Å². The summed E-state index contributed by atoms with van der Waals surface area (Å²) in [4.78, 5) is 16.2. The summed E-state index contributed by atoms with van der Waals surface area (Å²) < 4.78 is 29.9. The van der Waals surface area contributed by atoms with Gasteiger partial charge < -0.3 is 10.1 Å². The van der Waals surface area contributed by atoms with E-state index in [1.165, 1.54) is 10.6 Å². The maximum absolute atomic E-state index is 12.0. The molecule has 21 heavy (non-hydrogen) atoms. The minimum Gasteiger partial charge on any atom is -0.385 e. The Labute approximate surface area is 122 Å². The van der Waals surface area contributed by atoms with Crippen LogP contribution < -0.4 is 21.6 Å². The lowest BCUT2D eigenvalue weighted by molar-refractivity contribution is 0.189. The number of pyridine rings is 1. The molecule has 116 valence electrons. The van der Waals surface area contributed by atoms with Gasteiger partial charge in [0, 0.05) is 43.5 Å². The summed E-state index contributed by atoms with van der Waals surface area (Å²) in [6, 6.07) is 3.13. The van der Waals surface area contributed by atoms with E-state index >= 15 is 0 Å². The van der Waals surface area contributed by atoms with Crippen LogP contribution in [-0.2, 0) is 21.1 Å². The molecule has 1 unspecified atom stereocenters. The van der Waals surface area contributed by atoms with Gasteiger partial charge >= 0.3 is 0 Å². The van der Waals surface area contributed by atoms with Gasteiger partial charge in [-0.3, -0.25) is 9.36 Å². The van der Waals surface area contributed by atoms with Gasteiger partial charge in [0.05, 0.1) is 0 Å². The predicted octanol–water partition coefficient (Wildman–Crippen LogP) is -1.44. The maximum Gasteiger partial charge on any atom is 0.252 e. The molecule has 0 saturated carbocycles. The molecule has 1 aliphatic rings. The third-order valence-electron chi connectivity index (χ3n) is 3.27. The topological polar surface area (TPSA) is 89.8 Å². The van der Waals surface area contributed by atoms with Crippen molar-refractivity contribution in [2.75, 3.05) is 20.0 Å². The third-order valence-corrected chi connectivity index (χ3v) is 4.31. The molecule has 1 atom stereocenters. The van der Waals surface area contributed by atoms with Gasteiger partial charge in [-0.1, -0.05) is 0 Å². The van der Waals surface area contributed by atoms with Gasteiger partial charge in [-0.2, -0.15) is 0 Å². The van der Waals surface area contributed by atoms with Gasteiger partial charge in [-0.25, -0.2) is 13.4 Å². The van der Waals surface area contributed by atoms with E-state index in [0.717, 1.165) is 11.5 Å². The Morgan fingerprint density at radius 1 is 1.43 bits per heavy atom. The number of aromatic nitrogens is 1. The van der Waals surface area contributed by atoms with Gasteiger partial charge in [0.1, 0.15) is 5.49 Å². The fourth-order valence-electron chi connectivity index (χ4n) is 2.19. The van der Waals surface area contributed by atoms with Crippen LogP contribution in [0.25, 0.3) is 5.70 Å². The summed E-state index contributed by atoms with van der Waals surface area (Å²) in [5.74, 6) is 0. The number of ether oxygens (including phenoxy) is 1. The molecule has 1 aliphatic heterocycles. The van der Waals surface area contributed by atoms with Gasteiger partial charge in [0.25, 0.3) is 5.56 Å². The smallest absolute Gasteiger partial charge is 0.252 e. The fourth-order valence-corrected chi connectivity index (χ4v) is 2.88. The molecule has 1 aromatic heterocycles. The Morgan fingerprint density at radius 2 is 2.14 bits per heavy atom. The summed E-state index contributed by atoms with van der Waals surface area (Å²) in [6.07, 6.45) is 1.77. The van der Waals surface area contributed by atoms with Crippen LogP contribution >= 0.6 is 0 Å². The molecule has 0 spiro atoms. The normalized spacial score (nSPS) is 17.9. The predicted molar refractivity (Wildman–Crippen MR) is 78.8 cm³/mol. The first-order valence-electron chi connectivity index (χ1n) is 6.57. The van der Waals surface area contributed by atoms with Crippen molar-refractivity contribution >= 4 is 15.5 Å². The zero-order valence-corrected chi connectivity index (χ0v) is 13.1. The van der Waals surface area contributed by atoms with Crippen molar-refractivity contribution in [3.8, 4) is 0 Å². The summed E-state index contributed by atoms with van der Waals surface area (Å²) in [5.41, 5.74) is -0.155. The lowest BCUT2D eigenvalue weighted by Crippen LogP contribution is -2.52. The van der Waals surface area contributed by atoms with Crippen LogP contribution in [0.5, 0.6) is 0 Å². The SMILES string of the molecule is COCCCn1c(=O)ccc2c1=NC(S(C)(=O)=O)NC=2C. The first kappa shape index (κ1) is 15.7. The van der Waals surface area contributed by atoms with Crippen LogP contribution in [0.4, 0.5) is 0 Å². The summed E-state index contributed by atoms with van der Waals surface area (Å²) in [7, 11) is -1.80. The molecule has 2 rings (SSSR count). The number of rotatable bonds is 5. The van der Waals surface area contributed by atoms with E-state index in [-0.39, 0.29) is 5.56 Å². The zero-order chi connectivity index (χ0) is 15.6. The van der Waals surface area contributed by atoms with E-state index in [2.05, 4.69) is 10.3 Å². The number of nitrogens with one attached hydrogen (secondary N) is 1. The van der Waals surface area contributed by atoms with Crippen molar-refractivity contribution in [2.45, 2.75) is 25.4 Å². The van der Waals surface area contributed by atoms with Crippen LogP contribution in [0.15, 0.2) is 21.9 Å². The van der Waals surface area contributed by atoms with E-state index < -0.39 is 15.3 Å². The van der Waals surface area contributed by atoms with Crippen LogP contribution in [0, 0.1) is 0 Å². The van der Waals surface area contributed by atoms with Crippen molar-refractivity contribution in [3.05, 3.63) is 33.2 Å². The highest BCUT2D eigenvalue weighted by atomic mass is 32.2. The van der Waals surface area contributed by atoms with Crippen molar-refractivity contribution in [1.82, 2.24) is 9.88 Å². The number of methoxy groups -OCH3 is 1. The molecule has 8 heteroatoms. The number of hydrogen-bond donors (Lipinski definition) is 1. The fraction of sp³-hybridized carbons (Fsp3) is 0.538. The van der Waals surface area contributed by atoms with Crippen molar-refractivity contribution in [3.63, 3.8) is 0 Å². The van der Waals surface area contributed by atoms with E-state index in [0.29, 0.717) is 30.8 Å². The monoisotopic (exact) mass is 313 g/mol. The Morgan fingerprint density at radius 3 is 2.76 bits per heavy atom. The molecule has 1 N–H and O–H groups in total. The van der Waals surface area contributed by atoms with E-state index in [1.807, 2.05) is 0 Å². The Bertz CT molecular complexity index is 811. The largest absolute Gasteiger partial charge is 0.385 e. The minimum atomic E-state index is -3.39. The lowest BCUT2D eigenvalue weighted by atomic mass is 10.2. The van der Waals surface area contributed by atoms with Crippen LogP contribution in [-0.4, -0.2) is 38.5 Å². The Kier molecular flexibility index (Phi) is 4.48. The summed E-state index contributed by atoms with van der Waals surface area (Å²) in [6.45, 7) is 2.73. The van der Waals surface area contributed by atoms with Crippen molar-refractivity contribution in [2.24, 2.45) is 4.99 Å². The highest BCUT2D eigenvalue weighted by molar-refractivity contribution is 7.91. The first-order chi connectivity index (χ1) is 9.84. The molecule has 0 amide bonds. The number of sulfone groups is 1. The van der Waals surface area contributed by atoms with Gasteiger partial charge in [0.15, 0.2) is 9.84 Å². The molecular formula is C13H19N3O4S. The number of fused-ring (bicyclic) bond motifs is 1. The molecule has 0 radical (unpaired) electrons. The number of hydrogen-bond acceptors (Lipinski definition) is 6. The highest BCUT2D eigenvalue weighted by Gasteiger charge is 2.22. The molecular weight excluding hydrogens is 294 g/mol. The second-order valence-electron chi connectivity index (χ2n) is 4.99. The quantitative estimate of drug-likeness (QED) is 0.673. The molecule has 0 aromatic carbocycles. The second-order valence-corrected chi connectivity index (χ2v) is 7.09. The molecule has 2 heterocycles. The maximum atomic E-state index is 12.0. The Hall–Kier alpha value is -1.67. The number of nitrogens with zero attached hydrogens (tertiary/aromatic N) is 2. The molecule has 1 aromatic rings.